The summed E-state index contributed by atoms with van der Waals surface area (Å²) < 4.78 is 20.9. The summed E-state index contributed by atoms with van der Waals surface area (Å²) in [4.78, 5) is 14.6. The quantitative estimate of drug-likeness (QED) is 0.753. The normalized spacial score (nSPS) is 10.7. The highest BCUT2D eigenvalue weighted by molar-refractivity contribution is 5.97. The average molecular weight is 299 g/mol. The molecule has 0 aliphatic heterocycles. The van der Waals surface area contributed by atoms with Crippen molar-refractivity contribution in [2.24, 2.45) is 7.05 Å². The number of fused-ring (bicyclic) bond motifs is 1. The highest BCUT2D eigenvalue weighted by Crippen LogP contribution is 2.34. The molecule has 112 valence electrons. The maximum absolute atomic E-state index is 14.3. The van der Waals surface area contributed by atoms with Crippen molar-refractivity contribution in [1.29, 1.82) is 0 Å². The lowest BCUT2D eigenvalue weighted by molar-refractivity contribution is -0.120. The second-order valence-corrected chi connectivity index (χ2v) is 4.85. The van der Waals surface area contributed by atoms with Gasteiger partial charge in [-0.1, -0.05) is 0 Å². The Labute approximate surface area is 126 Å². The molecule has 0 radical (unpaired) electrons. The number of hydrogen-bond donors (Lipinski definition) is 1. The number of carbonyl (C=O) groups excluding carboxylic acids is 1. The van der Waals surface area contributed by atoms with E-state index in [0.717, 1.165) is 16.5 Å². The van der Waals surface area contributed by atoms with Crippen molar-refractivity contribution >= 4 is 23.2 Å². The molecule has 0 spiro atoms. The van der Waals surface area contributed by atoms with Gasteiger partial charge in [-0.2, -0.15) is 0 Å². The van der Waals surface area contributed by atoms with Crippen LogP contribution in [0.25, 0.3) is 22.0 Å². The fraction of sp³-hybridized carbons (Fsp3) is 0.125. The molecule has 2 aromatic heterocycles. The number of aryl methyl sites for hydroxylation is 1. The Morgan fingerprint density at radius 2 is 2.14 bits per heavy atom. The molecule has 0 atom stereocenters. The molecule has 1 N–H and O–H groups in total. The summed E-state index contributed by atoms with van der Waals surface area (Å²) in [7, 11) is 3.66. The lowest BCUT2D eigenvalue weighted by Gasteiger charge is -2.05. The Morgan fingerprint density at radius 1 is 1.32 bits per heavy atom. The molecule has 0 bridgehead atoms. The van der Waals surface area contributed by atoms with Crippen LogP contribution in [0.4, 0.5) is 10.2 Å². The molecular weight excluding hydrogens is 285 g/mol. The minimum absolute atomic E-state index is 0.175. The number of benzene rings is 1. The molecule has 3 rings (SSSR count). The largest absolute Gasteiger partial charge is 0.429 e. The van der Waals surface area contributed by atoms with Crippen molar-refractivity contribution in [3.05, 3.63) is 42.5 Å². The van der Waals surface area contributed by atoms with Gasteiger partial charge >= 0.3 is 0 Å². The molecule has 0 fully saturated rings. The molecule has 3 aromatic rings. The number of carbonyl (C=O) groups is 1. The van der Waals surface area contributed by atoms with E-state index < -0.39 is 5.82 Å². The number of ether oxygens (including phenoxy) is 1. The van der Waals surface area contributed by atoms with E-state index in [1.165, 1.54) is 6.07 Å². The maximum atomic E-state index is 14.3. The summed E-state index contributed by atoms with van der Waals surface area (Å²) in [5.41, 5.74) is 2.10. The molecule has 6 heteroatoms. The van der Waals surface area contributed by atoms with Crippen LogP contribution in [0.15, 0.2) is 36.7 Å². The van der Waals surface area contributed by atoms with Gasteiger partial charge in [0.05, 0.1) is 11.7 Å². The first-order valence-electron chi connectivity index (χ1n) is 6.67. The van der Waals surface area contributed by atoms with Crippen LogP contribution < -0.4 is 10.1 Å². The zero-order valence-electron chi connectivity index (χ0n) is 12.1. The van der Waals surface area contributed by atoms with Crippen LogP contribution in [0, 0.1) is 5.82 Å². The number of halogens is 1. The molecule has 22 heavy (non-hydrogen) atoms. The van der Waals surface area contributed by atoms with Crippen molar-refractivity contribution in [2.45, 2.75) is 0 Å². The predicted octanol–water partition coefficient (Wildman–Crippen LogP) is 2.96. The molecule has 0 unspecified atom stereocenters. The highest BCUT2D eigenvalue weighted by Gasteiger charge is 2.14. The summed E-state index contributed by atoms with van der Waals surface area (Å²) in [6, 6.07) is 6.23. The molecule has 0 saturated carbocycles. The first kappa shape index (κ1) is 14.1. The smallest absolute Gasteiger partial charge is 0.298 e. The Balaban J connectivity index is 2.19. The third-order valence-corrected chi connectivity index (χ3v) is 3.55. The van der Waals surface area contributed by atoms with Gasteiger partial charge < -0.3 is 14.6 Å². The minimum Gasteiger partial charge on any atom is -0.429 e. The molecule has 0 aliphatic carbocycles. The van der Waals surface area contributed by atoms with Crippen LogP contribution >= 0.6 is 0 Å². The van der Waals surface area contributed by atoms with Crippen molar-refractivity contribution < 1.29 is 13.9 Å². The fourth-order valence-electron chi connectivity index (χ4n) is 2.47. The zero-order valence-corrected chi connectivity index (χ0v) is 12.1. The maximum Gasteiger partial charge on any atom is 0.298 e. The predicted molar refractivity (Wildman–Crippen MR) is 82.3 cm³/mol. The van der Waals surface area contributed by atoms with Gasteiger partial charge in [0.25, 0.3) is 6.47 Å². The first-order valence-corrected chi connectivity index (χ1v) is 6.67. The SMILES string of the molecule is CNc1cc2c(-c3ccc(OC=O)cc3F)cn(C)c2cn1. The second-order valence-electron chi connectivity index (χ2n) is 4.85. The number of nitrogens with one attached hydrogen (secondary N) is 1. The van der Waals surface area contributed by atoms with Crippen LogP contribution in [0.5, 0.6) is 5.75 Å². The van der Waals surface area contributed by atoms with Crippen LogP contribution in [0.3, 0.4) is 0 Å². The van der Waals surface area contributed by atoms with Crippen molar-refractivity contribution in [1.82, 2.24) is 9.55 Å². The van der Waals surface area contributed by atoms with E-state index in [4.69, 9.17) is 0 Å². The van der Waals surface area contributed by atoms with Crippen LogP contribution in [0.2, 0.25) is 0 Å². The van der Waals surface area contributed by atoms with Crippen molar-refractivity contribution in [2.75, 3.05) is 12.4 Å². The summed E-state index contributed by atoms with van der Waals surface area (Å²) in [5.74, 6) is 0.435. The third-order valence-electron chi connectivity index (χ3n) is 3.55. The number of hydrogen-bond acceptors (Lipinski definition) is 4. The lowest BCUT2D eigenvalue weighted by atomic mass is 10.0. The Kier molecular flexibility index (Phi) is 3.50. The first-order chi connectivity index (χ1) is 10.6. The second kappa shape index (κ2) is 5.48. The minimum atomic E-state index is -0.449. The van der Waals surface area contributed by atoms with E-state index >= 15 is 0 Å². The lowest BCUT2D eigenvalue weighted by Crippen LogP contribution is -1.92. The molecule has 0 saturated heterocycles. The van der Waals surface area contributed by atoms with Gasteiger partial charge in [-0.05, 0) is 18.2 Å². The zero-order chi connectivity index (χ0) is 15.7. The number of anilines is 1. The average Bonchev–Trinajstić information content (AvgIpc) is 2.84. The van der Waals surface area contributed by atoms with Gasteiger partial charge in [0.2, 0.25) is 0 Å². The van der Waals surface area contributed by atoms with E-state index in [0.29, 0.717) is 11.4 Å². The van der Waals surface area contributed by atoms with Crippen LogP contribution in [0.1, 0.15) is 0 Å². The summed E-state index contributed by atoms with van der Waals surface area (Å²) >= 11 is 0. The standard InChI is InChI=1S/C16H14FN3O2/c1-18-16-6-12-13(8-20(2)15(12)7-19-16)11-4-3-10(22-9-21)5-14(11)17/h3-9H,1-2H3,(H,18,19). The number of aromatic nitrogens is 2. The van der Waals surface area contributed by atoms with Gasteiger partial charge in [0.1, 0.15) is 17.4 Å². The Hall–Kier alpha value is -2.89. The topological polar surface area (TPSA) is 56.1 Å². The summed E-state index contributed by atoms with van der Waals surface area (Å²) in [5, 5.41) is 3.87. The molecule has 0 aliphatic rings. The van der Waals surface area contributed by atoms with Gasteiger partial charge in [-0.25, -0.2) is 9.37 Å². The Morgan fingerprint density at radius 3 is 2.82 bits per heavy atom. The number of nitrogens with zero attached hydrogens (tertiary/aromatic N) is 2. The highest BCUT2D eigenvalue weighted by atomic mass is 19.1. The van der Waals surface area contributed by atoms with E-state index in [-0.39, 0.29) is 12.2 Å². The molecule has 5 nitrogen and oxygen atoms in total. The Bertz CT molecular complexity index is 858. The molecule has 2 heterocycles. The summed E-state index contributed by atoms with van der Waals surface area (Å²) in [6.07, 6.45) is 3.59. The van der Waals surface area contributed by atoms with Crippen molar-refractivity contribution in [3.63, 3.8) is 0 Å². The van der Waals surface area contributed by atoms with E-state index in [9.17, 15) is 9.18 Å². The van der Waals surface area contributed by atoms with Crippen LogP contribution in [-0.2, 0) is 11.8 Å². The van der Waals surface area contributed by atoms with Gasteiger partial charge in [0.15, 0.2) is 0 Å². The van der Waals surface area contributed by atoms with E-state index in [1.54, 1.807) is 25.4 Å². The van der Waals surface area contributed by atoms with Crippen molar-refractivity contribution in [3.8, 4) is 16.9 Å². The van der Waals surface area contributed by atoms with Gasteiger partial charge in [-0.15, -0.1) is 0 Å². The monoisotopic (exact) mass is 299 g/mol. The van der Waals surface area contributed by atoms with Gasteiger partial charge in [0, 0.05) is 42.9 Å². The fourth-order valence-corrected chi connectivity index (χ4v) is 2.47. The molecular formula is C16H14FN3O2. The third kappa shape index (κ3) is 2.28. The summed E-state index contributed by atoms with van der Waals surface area (Å²) in [6.45, 7) is 0.275. The molecule has 0 amide bonds. The van der Waals surface area contributed by atoms with Crippen LogP contribution in [-0.4, -0.2) is 23.1 Å². The van der Waals surface area contributed by atoms with E-state index in [2.05, 4.69) is 15.0 Å². The van der Waals surface area contributed by atoms with E-state index in [1.807, 2.05) is 23.9 Å². The number of rotatable bonds is 4. The van der Waals surface area contributed by atoms with Gasteiger partial charge in [-0.3, -0.25) is 4.79 Å². The molecule has 1 aromatic carbocycles. The number of pyridine rings is 1.